The molecule has 0 aliphatic carbocycles. The van der Waals surface area contributed by atoms with Crippen LogP contribution in [0.3, 0.4) is 0 Å². The van der Waals surface area contributed by atoms with E-state index in [2.05, 4.69) is 9.93 Å². The van der Waals surface area contributed by atoms with Gasteiger partial charge < -0.3 is 9.47 Å². The summed E-state index contributed by atoms with van der Waals surface area (Å²) in [6, 6.07) is 17.8. The van der Waals surface area contributed by atoms with Crippen molar-refractivity contribution in [2.45, 2.75) is 25.3 Å². The van der Waals surface area contributed by atoms with E-state index in [4.69, 9.17) is 21.1 Å². The van der Waals surface area contributed by atoms with Crippen LogP contribution in [0.4, 0.5) is 0 Å². The Morgan fingerprint density at radius 3 is 2.23 bits per heavy atom. The van der Waals surface area contributed by atoms with E-state index < -0.39 is 10.0 Å². The zero-order valence-corrected chi connectivity index (χ0v) is 19.0. The van der Waals surface area contributed by atoms with Crippen LogP contribution in [0.1, 0.15) is 22.3 Å². The minimum absolute atomic E-state index is 0.130. The minimum atomic E-state index is -3.76. The molecule has 0 amide bonds. The second-order valence-electron chi connectivity index (χ2n) is 6.97. The lowest BCUT2D eigenvalue weighted by molar-refractivity contribution is 0.284. The third-order valence-electron chi connectivity index (χ3n) is 4.47. The highest BCUT2D eigenvalue weighted by Crippen LogP contribution is 2.36. The van der Waals surface area contributed by atoms with E-state index in [9.17, 15) is 8.42 Å². The first-order valence-electron chi connectivity index (χ1n) is 9.46. The average molecular weight is 459 g/mol. The normalized spacial score (nSPS) is 11.5. The third-order valence-corrected chi connectivity index (χ3v) is 5.99. The molecule has 0 aliphatic heterocycles. The number of methoxy groups -OCH3 is 1. The number of sulfonamides is 1. The monoisotopic (exact) mass is 458 g/mol. The fourth-order valence-corrected chi connectivity index (χ4v) is 3.80. The highest BCUT2D eigenvalue weighted by atomic mass is 35.5. The van der Waals surface area contributed by atoms with Crippen LogP contribution < -0.4 is 14.3 Å². The maximum atomic E-state index is 12.3. The Balaban J connectivity index is 1.72. The quantitative estimate of drug-likeness (QED) is 0.386. The van der Waals surface area contributed by atoms with Crippen molar-refractivity contribution in [3.05, 3.63) is 87.9 Å². The smallest absolute Gasteiger partial charge is 0.276 e. The van der Waals surface area contributed by atoms with Gasteiger partial charge in [-0.1, -0.05) is 59.1 Å². The number of halogens is 1. The van der Waals surface area contributed by atoms with Gasteiger partial charge in [-0.3, -0.25) is 0 Å². The third kappa shape index (κ3) is 5.99. The Hall–Kier alpha value is -3.03. The van der Waals surface area contributed by atoms with Crippen LogP contribution >= 0.6 is 11.6 Å². The second-order valence-corrected chi connectivity index (χ2v) is 9.04. The highest BCUT2D eigenvalue weighted by molar-refractivity contribution is 7.89. The summed E-state index contributed by atoms with van der Waals surface area (Å²) in [6.07, 6.45) is 1.35. The highest BCUT2D eigenvalue weighted by Gasteiger charge is 2.14. The van der Waals surface area contributed by atoms with Crippen molar-refractivity contribution in [1.29, 1.82) is 0 Å². The first-order valence-corrected chi connectivity index (χ1v) is 11.3. The summed E-state index contributed by atoms with van der Waals surface area (Å²) in [7, 11) is -2.25. The molecule has 0 fully saturated rings. The van der Waals surface area contributed by atoms with Gasteiger partial charge in [0.15, 0.2) is 11.5 Å². The van der Waals surface area contributed by atoms with Gasteiger partial charge in [0, 0.05) is 0 Å². The molecular formula is C23H23ClN2O4S. The molecular weight excluding hydrogens is 436 g/mol. The zero-order chi connectivity index (χ0) is 22.4. The summed E-state index contributed by atoms with van der Waals surface area (Å²) in [5.74, 6) is 0.824. The number of nitrogens with zero attached hydrogens (tertiary/aromatic N) is 1. The van der Waals surface area contributed by atoms with Crippen molar-refractivity contribution in [2.24, 2.45) is 5.10 Å². The van der Waals surface area contributed by atoms with Gasteiger partial charge in [0.1, 0.15) is 6.61 Å². The molecule has 3 aromatic rings. The number of hydrazone groups is 1. The van der Waals surface area contributed by atoms with Crippen LogP contribution in [0, 0.1) is 13.8 Å². The van der Waals surface area contributed by atoms with E-state index in [1.165, 1.54) is 31.0 Å². The van der Waals surface area contributed by atoms with E-state index in [0.29, 0.717) is 28.7 Å². The molecule has 0 unspecified atom stereocenters. The Morgan fingerprint density at radius 1 is 1.00 bits per heavy atom. The Bertz CT molecular complexity index is 1180. The number of hydrogen-bond donors (Lipinski definition) is 1. The van der Waals surface area contributed by atoms with Crippen molar-refractivity contribution in [2.75, 3.05) is 7.11 Å². The summed E-state index contributed by atoms with van der Waals surface area (Å²) in [6.45, 7) is 4.24. The zero-order valence-electron chi connectivity index (χ0n) is 17.4. The summed E-state index contributed by atoms with van der Waals surface area (Å²) < 4.78 is 35.9. The molecule has 0 heterocycles. The summed E-state index contributed by atoms with van der Waals surface area (Å²) in [5, 5.41) is 4.17. The standard InChI is InChI=1S/C23H23ClN2O4S/c1-16-4-8-18(9-5-16)15-30-23-21(24)12-19(13-22(23)29-3)14-25-26-31(27,28)20-10-6-17(2)7-11-20/h4-14,26H,15H2,1-3H3/b25-14-. The lowest BCUT2D eigenvalue weighted by Gasteiger charge is -2.13. The Labute approximate surface area is 187 Å². The summed E-state index contributed by atoms with van der Waals surface area (Å²) in [4.78, 5) is 2.32. The van der Waals surface area contributed by atoms with Crippen molar-refractivity contribution >= 4 is 27.8 Å². The molecule has 0 saturated carbocycles. The number of benzene rings is 3. The summed E-state index contributed by atoms with van der Waals surface area (Å²) >= 11 is 6.38. The molecule has 0 spiro atoms. The number of rotatable bonds is 8. The van der Waals surface area contributed by atoms with Crippen molar-refractivity contribution < 1.29 is 17.9 Å². The van der Waals surface area contributed by atoms with Gasteiger partial charge in [-0.25, -0.2) is 4.83 Å². The Kier molecular flexibility index (Phi) is 7.20. The van der Waals surface area contributed by atoms with Gasteiger partial charge in [-0.2, -0.15) is 13.5 Å². The first-order chi connectivity index (χ1) is 14.8. The molecule has 0 aromatic heterocycles. The van der Waals surface area contributed by atoms with Gasteiger partial charge in [-0.15, -0.1) is 0 Å². The molecule has 6 nitrogen and oxygen atoms in total. The predicted octanol–water partition coefficient (Wildman–Crippen LogP) is 4.86. The predicted molar refractivity (Wildman–Crippen MR) is 123 cm³/mol. The van der Waals surface area contributed by atoms with Gasteiger partial charge in [0.05, 0.1) is 23.2 Å². The molecule has 3 aromatic carbocycles. The molecule has 0 atom stereocenters. The van der Waals surface area contributed by atoms with E-state index >= 15 is 0 Å². The number of ether oxygens (including phenoxy) is 2. The number of aryl methyl sites for hydroxylation is 2. The second kappa shape index (κ2) is 9.85. The fraction of sp³-hybridized carbons (Fsp3) is 0.174. The van der Waals surface area contributed by atoms with Crippen LogP contribution in [-0.2, 0) is 16.6 Å². The maximum absolute atomic E-state index is 12.3. The molecule has 162 valence electrons. The van der Waals surface area contributed by atoms with Crippen LogP contribution in [0.15, 0.2) is 70.7 Å². The fourth-order valence-electron chi connectivity index (χ4n) is 2.73. The molecule has 0 aliphatic rings. The van der Waals surface area contributed by atoms with Gasteiger partial charge >= 0.3 is 0 Å². The maximum Gasteiger partial charge on any atom is 0.276 e. The van der Waals surface area contributed by atoms with E-state index in [1.807, 2.05) is 38.1 Å². The van der Waals surface area contributed by atoms with Crippen molar-refractivity contribution in [3.8, 4) is 11.5 Å². The molecule has 0 radical (unpaired) electrons. The molecule has 3 rings (SSSR count). The van der Waals surface area contributed by atoms with E-state index in [1.54, 1.807) is 24.3 Å². The number of nitrogens with one attached hydrogen (secondary N) is 1. The van der Waals surface area contributed by atoms with Crippen LogP contribution in [0.25, 0.3) is 0 Å². The van der Waals surface area contributed by atoms with Crippen molar-refractivity contribution in [1.82, 2.24) is 4.83 Å². The Morgan fingerprint density at radius 2 is 1.61 bits per heavy atom. The van der Waals surface area contributed by atoms with E-state index in [0.717, 1.165) is 11.1 Å². The van der Waals surface area contributed by atoms with Crippen LogP contribution in [0.2, 0.25) is 5.02 Å². The SMILES string of the molecule is COc1cc(/C=N\NS(=O)(=O)c2ccc(C)cc2)cc(Cl)c1OCc1ccc(C)cc1. The molecule has 0 bridgehead atoms. The van der Waals surface area contributed by atoms with Crippen molar-refractivity contribution in [3.63, 3.8) is 0 Å². The average Bonchev–Trinajstić information content (AvgIpc) is 2.74. The first kappa shape index (κ1) is 22.7. The molecule has 8 heteroatoms. The lowest BCUT2D eigenvalue weighted by Crippen LogP contribution is -2.18. The largest absolute Gasteiger partial charge is 0.493 e. The minimum Gasteiger partial charge on any atom is -0.493 e. The molecule has 0 saturated heterocycles. The molecule has 31 heavy (non-hydrogen) atoms. The topological polar surface area (TPSA) is 77.0 Å². The van der Waals surface area contributed by atoms with Crippen LogP contribution in [0.5, 0.6) is 11.5 Å². The van der Waals surface area contributed by atoms with E-state index in [-0.39, 0.29) is 4.90 Å². The van der Waals surface area contributed by atoms with Gasteiger partial charge in [0.25, 0.3) is 10.0 Å². The van der Waals surface area contributed by atoms with Gasteiger partial charge in [0.2, 0.25) is 0 Å². The van der Waals surface area contributed by atoms with Gasteiger partial charge in [-0.05, 0) is 49.2 Å². The van der Waals surface area contributed by atoms with Crippen LogP contribution in [-0.4, -0.2) is 21.7 Å². The number of hydrogen-bond acceptors (Lipinski definition) is 5. The lowest BCUT2D eigenvalue weighted by atomic mass is 10.1. The molecule has 1 N–H and O–H groups in total. The summed E-state index contributed by atoms with van der Waals surface area (Å²) in [5.41, 5.74) is 3.69.